The second-order valence-corrected chi connectivity index (χ2v) is 10.1. The summed E-state index contributed by atoms with van der Waals surface area (Å²) in [5.41, 5.74) is 0.997. The van der Waals surface area contributed by atoms with Crippen LogP contribution in [0.2, 0.25) is 0 Å². The van der Waals surface area contributed by atoms with E-state index in [1.54, 1.807) is 0 Å². The maximum atomic E-state index is 13.0. The van der Waals surface area contributed by atoms with E-state index in [1.165, 1.54) is 7.11 Å². The first kappa shape index (κ1) is 23.5. The maximum absolute atomic E-state index is 13.0. The lowest BCUT2D eigenvalue weighted by molar-refractivity contribution is -0.151. The van der Waals surface area contributed by atoms with Crippen LogP contribution in [0, 0.1) is 5.92 Å². The van der Waals surface area contributed by atoms with E-state index in [9.17, 15) is 14.7 Å². The van der Waals surface area contributed by atoms with Crippen LogP contribution in [0.4, 0.5) is 0 Å². The Labute approximate surface area is 195 Å². The quantitative estimate of drug-likeness (QED) is 0.564. The molecule has 3 rings (SSSR count). The molecule has 2 atom stereocenters. The van der Waals surface area contributed by atoms with Gasteiger partial charge in [-0.2, -0.15) is 0 Å². The van der Waals surface area contributed by atoms with Crippen LogP contribution in [-0.2, 0) is 20.7 Å². The maximum Gasteiger partial charge on any atom is 0.323 e. The minimum Gasteiger partial charge on any atom is -0.506 e. The molecule has 0 spiro atoms. The van der Waals surface area contributed by atoms with Gasteiger partial charge in [0.2, 0.25) is 5.91 Å². The number of carbonyl (C=O) groups excluding carboxylic acids is 2. The van der Waals surface area contributed by atoms with Crippen molar-refractivity contribution in [3.8, 4) is 5.75 Å². The van der Waals surface area contributed by atoms with Crippen molar-refractivity contribution in [2.24, 2.45) is 5.92 Å². The number of phenolic OH excluding ortho intramolecular Hbond substituents is 1. The zero-order valence-corrected chi connectivity index (χ0v) is 20.7. The fraction of sp³-hybridized carbons (Fsp3) is 0.636. The summed E-state index contributed by atoms with van der Waals surface area (Å²) in [5, 5.41) is 9.88. The van der Waals surface area contributed by atoms with Crippen molar-refractivity contribution in [1.82, 2.24) is 9.80 Å². The summed E-state index contributed by atoms with van der Waals surface area (Å²) in [7, 11) is 1.46. The molecule has 0 aliphatic carbocycles. The molecule has 1 aromatic rings. The SMILES string of the molecule is COC(=O)[C@H]1CCCCN1C1CCN(C(=O)[C@H](C)Cc2cc(Br)c(O)c(Br)c2)CC1. The summed E-state index contributed by atoms with van der Waals surface area (Å²) in [4.78, 5) is 29.5. The predicted molar refractivity (Wildman–Crippen MR) is 122 cm³/mol. The number of benzene rings is 1. The molecule has 166 valence electrons. The smallest absolute Gasteiger partial charge is 0.323 e. The van der Waals surface area contributed by atoms with Gasteiger partial charge in [-0.05, 0) is 88.2 Å². The van der Waals surface area contributed by atoms with E-state index in [4.69, 9.17) is 4.74 Å². The number of phenols is 1. The zero-order chi connectivity index (χ0) is 21.8. The van der Waals surface area contributed by atoms with Crippen molar-refractivity contribution >= 4 is 43.7 Å². The number of hydrogen-bond acceptors (Lipinski definition) is 5. The summed E-state index contributed by atoms with van der Waals surface area (Å²) in [6, 6.07) is 3.91. The van der Waals surface area contributed by atoms with E-state index < -0.39 is 0 Å². The van der Waals surface area contributed by atoms with E-state index >= 15 is 0 Å². The first-order valence-electron chi connectivity index (χ1n) is 10.6. The first-order valence-corrected chi connectivity index (χ1v) is 12.2. The third-order valence-electron chi connectivity index (χ3n) is 6.30. The number of esters is 1. The van der Waals surface area contributed by atoms with E-state index in [1.807, 2.05) is 24.0 Å². The molecule has 0 bridgehead atoms. The van der Waals surface area contributed by atoms with Gasteiger partial charge in [-0.25, -0.2) is 0 Å². The van der Waals surface area contributed by atoms with Crippen molar-refractivity contribution in [1.29, 1.82) is 0 Å². The lowest BCUT2D eigenvalue weighted by Crippen LogP contribution is -2.54. The van der Waals surface area contributed by atoms with Crippen LogP contribution in [0.25, 0.3) is 0 Å². The number of amides is 1. The van der Waals surface area contributed by atoms with Crippen LogP contribution in [0.1, 0.15) is 44.6 Å². The van der Waals surface area contributed by atoms with E-state index in [2.05, 4.69) is 36.8 Å². The molecule has 2 heterocycles. The fourth-order valence-electron chi connectivity index (χ4n) is 4.69. The average molecular weight is 546 g/mol. The highest BCUT2D eigenvalue weighted by Crippen LogP contribution is 2.34. The van der Waals surface area contributed by atoms with Gasteiger partial charge in [0.1, 0.15) is 11.8 Å². The average Bonchev–Trinajstić information content (AvgIpc) is 2.76. The second-order valence-electron chi connectivity index (χ2n) is 8.34. The van der Waals surface area contributed by atoms with E-state index in [0.29, 0.717) is 21.4 Å². The molecule has 8 heteroatoms. The minimum absolute atomic E-state index is 0.131. The van der Waals surface area contributed by atoms with Crippen LogP contribution in [0.5, 0.6) is 5.75 Å². The number of likely N-dealkylation sites (tertiary alicyclic amines) is 2. The molecule has 30 heavy (non-hydrogen) atoms. The Morgan fingerprint density at radius 2 is 1.77 bits per heavy atom. The number of methoxy groups -OCH3 is 1. The van der Waals surface area contributed by atoms with Crippen molar-refractivity contribution in [3.63, 3.8) is 0 Å². The van der Waals surface area contributed by atoms with Crippen LogP contribution < -0.4 is 0 Å². The van der Waals surface area contributed by atoms with E-state index in [-0.39, 0.29) is 29.6 Å². The molecule has 6 nitrogen and oxygen atoms in total. The monoisotopic (exact) mass is 544 g/mol. The number of carbonyl (C=O) groups is 2. The van der Waals surface area contributed by atoms with Gasteiger partial charge in [0.15, 0.2) is 0 Å². The third kappa shape index (κ3) is 5.37. The molecule has 0 unspecified atom stereocenters. The molecule has 1 N–H and O–H groups in total. The van der Waals surface area contributed by atoms with Crippen molar-refractivity contribution in [3.05, 3.63) is 26.6 Å². The Morgan fingerprint density at radius 1 is 1.13 bits per heavy atom. The highest BCUT2D eigenvalue weighted by atomic mass is 79.9. The molecule has 0 radical (unpaired) electrons. The summed E-state index contributed by atoms with van der Waals surface area (Å²) in [6.07, 6.45) is 5.44. The van der Waals surface area contributed by atoms with Gasteiger partial charge in [0.05, 0.1) is 16.1 Å². The number of halogens is 2. The molecular weight excluding hydrogens is 516 g/mol. The summed E-state index contributed by atoms with van der Waals surface area (Å²) < 4.78 is 6.25. The van der Waals surface area contributed by atoms with Gasteiger partial charge in [0.25, 0.3) is 0 Å². The predicted octanol–water partition coefficient (Wildman–Crippen LogP) is 4.11. The van der Waals surface area contributed by atoms with Gasteiger partial charge in [-0.3, -0.25) is 14.5 Å². The molecule has 2 fully saturated rings. The van der Waals surface area contributed by atoms with Gasteiger partial charge in [-0.1, -0.05) is 13.3 Å². The molecule has 2 aliphatic heterocycles. The molecule has 2 saturated heterocycles. The van der Waals surface area contributed by atoms with Crippen LogP contribution in [0.3, 0.4) is 0 Å². The normalized spacial score (nSPS) is 22.0. The number of ether oxygens (including phenoxy) is 1. The highest BCUT2D eigenvalue weighted by Gasteiger charge is 2.36. The van der Waals surface area contributed by atoms with Gasteiger partial charge >= 0.3 is 5.97 Å². The van der Waals surface area contributed by atoms with Crippen molar-refractivity contribution in [2.45, 2.75) is 57.5 Å². The number of nitrogens with zero attached hydrogens (tertiary/aromatic N) is 2. The van der Waals surface area contributed by atoms with Gasteiger partial charge in [0, 0.05) is 25.0 Å². The molecule has 1 amide bonds. The summed E-state index contributed by atoms with van der Waals surface area (Å²) >= 11 is 6.70. The van der Waals surface area contributed by atoms with Crippen LogP contribution in [-0.4, -0.2) is 65.6 Å². The van der Waals surface area contributed by atoms with Crippen molar-refractivity contribution in [2.75, 3.05) is 26.7 Å². The first-order chi connectivity index (χ1) is 14.3. The standard InChI is InChI=1S/C22H30Br2N2O4/c1-14(11-15-12-17(23)20(27)18(24)13-15)21(28)25-9-6-16(7-10-25)26-8-4-3-5-19(26)22(29)30-2/h12-14,16,19,27H,3-11H2,1-2H3/t14-,19-/m1/s1. The van der Waals surface area contributed by atoms with E-state index in [0.717, 1.165) is 57.3 Å². The molecule has 1 aromatic carbocycles. The minimum atomic E-state index is -0.138. The number of aromatic hydroxyl groups is 1. The largest absolute Gasteiger partial charge is 0.506 e. The number of hydrogen-bond donors (Lipinski definition) is 1. The Bertz CT molecular complexity index is 757. The van der Waals surface area contributed by atoms with Crippen LogP contribution >= 0.6 is 31.9 Å². The molecular formula is C22H30Br2N2O4. The number of piperidine rings is 2. The molecule has 0 aromatic heterocycles. The molecule has 2 aliphatic rings. The lowest BCUT2D eigenvalue weighted by Gasteiger charge is -2.43. The Morgan fingerprint density at radius 3 is 2.37 bits per heavy atom. The Kier molecular flexibility index (Phi) is 8.21. The lowest BCUT2D eigenvalue weighted by atomic mass is 9.93. The molecule has 0 saturated carbocycles. The topological polar surface area (TPSA) is 70.1 Å². The Hall–Kier alpha value is -1.12. The summed E-state index contributed by atoms with van der Waals surface area (Å²) in [6.45, 7) is 4.34. The fourth-order valence-corrected chi connectivity index (χ4v) is 5.97. The zero-order valence-electron chi connectivity index (χ0n) is 17.6. The van der Waals surface area contributed by atoms with Gasteiger partial charge in [-0.15, -0.1) is 0 Å². The van der Waals surface area contributed by atoms with Crippen molar-refractivity contribution < 1.29 is 19.4 Å². The highest BCUT2D eigenvalue weighted by molar-refractivity contribution is 9.11. The second kappa shape index (κ2) is 10.5. The van der Waals surface area contributed by atoms with Crippen LogP contribution in [0.15, 0.2) is 21.1 Å². The number of rotatable bonds is 5. The van der Waals surface area contributed by atoms with Gasteiger partial charge < -0.3 is 14.7 Å². The third-order valence-corrected chi connectivity index (χ3v) is 7.51. The Balaban J connectivity index is 1.56. The summed E-state index contributed by atoms with van der Waals surface area (Å²) in [5.74, 6) is 0.0652.